The summed E-state index contributed by atoms with van der Waals surface area (Å²) in [6.45, 7) is 12.4. The Labute approximate surface area is 134 Å². The van der Waals surface area contributed by atoms with E-state index in [4.69, 9.17) is 4.65 Å². The fourth-order valence-electron chi connectivity index (χ4n) is 3.94. The summed E-state index contributed by atoms with van der Waals surface area (Å²) in [7, 11) is 0. The number of amides is 1. The summed E-state index contributed by atoms with van der Waals surface area (Å²) in [5, 5.41) is 0. The maximum Gasteiger partial charge on any atom is 0.301 e. The highest BCUT2D eigenvalue weighted by Crippen LogP contribution is 2.50. The van der Waals surface area contributed by atoms with E-state index in [-0.39, 0.29) is 23.8 Å². The molecule has 4 heteroatoms. The molecule has 0 N–H and O–H groups in total. The Morgan fingerprint density at radius 1 is 1.32 bits per heavy atom. The molecule has 3 aliphatic rings. The molecule has 2 aliphatic heterocycles. The minimum absolute atomic E-state index is 0.0765. The molecule has 1 atom stereocenters. The van der Waals surface area contributed by atoms with E-state index in [0.29, 0.717) is 12.2 Å². The first-order valence-electron chi connectivity index (χ1n) is 8.58. The summed E-state index contributed by atoms with van der Waals surface area (Å²) >= 11 is 0. The van der Waals surface area contributed by atoms with Gasteiger partial charge in [-0.25, -0.2) is 0 Å². The lowest BCUT2D eigenvalue weighted by atomic mass is 9.47. The van der Waals surface area contributed by atoms with E-state index in [0.717, 1.165) is 31.4 Å². The largest absolute Gasteiger partial charge is 0.430 e. The van der Waals surface area contributed by atoms with Crippen molar-refractivity contribution in [2.45, 2.75) is 71.6 Å². The number of carbonyl (C=O) groups is 1. The first-order valence-corrected chi connectivity index (χ1v) is 8.58. The van der Waals surface area contributed by atoms with Crippen LogP contribution in [0.4, 0.5) is 0 Å². The van der Waals surface area contributed by atoms with Crippen molar-refractivity contribution in [2.75, 3.05) is 6.54 Å². The van der Waals surface area contributed by atoms with Crippen LogP contribution >= 0.6 is 0 Å². The number of carbonyl (C=O) groups excluding carboxylic acids is 1. The molecular formula is C18H28BNO2. The molecule has 0 aromatic rings. The third-order valence-electron chi connectivity index (χ3n) is 6.16. The average molecular weight is 301 g/mol. The van der Waals surface area contributed by atoms with Crippen LogP contribution in [0.5, 0.6) is 0 Å². The van der Waals surface area contributed by atoms with Gasteiger partial charge in [-0.3, -0.25) is 4.79 Å². The molecule has 0 saturated carbocycles. The van der Waals surface area contributed by atoms with Crippen LogP contribution in [0, 0.1) is 5.41 Å². The van der Waals surface area contributed by atoms with Crippen LogP contribution in [-0.2, 0) is 9.45 Å². The molecule has 0 aromatic heterocycles. The minimum atomic E-state index is -0.0765. The van der Waals surface area contributed by atoms with Gasteiger partial charge in [-0.15, -0.1) is 0 Å². The smallest absolute Gasteiger partial charge is 0.301 e. The topological polar surface area (TPSA) is 29.5 Å². The number of allylic oxidation sites excluding steroid dienone is 3. The fraction of sp³-hybridized carbons (Fsp3) is 0.722. The van der Waals surface area contributed by atoms with Crippen molar-refractivity contribution in [3.63, 3.8) is 0 Å². The van der Waals surface area contributed by atoms with Crippen LogP contribution in [0.3, 0.4) is 0 Å². The lowest BCUT2D eigenvalue weighted by Crippen LogP contribution is -2.35. The highest BCUT2D eigenvalue weighted by atomic mass is 16.5. The maximum absolute atomic E-state index is 11.9. The molecule has 0 bridgehead atoms. The normalized spacial score (nSPS) is 30.6. The molecule has 2 heterocycles. The molecule has 3 rings (SSSR count). The lowest BCUT2D eigenvalue weighted by molar-refractivity contribution is -0.125. The van der Waals surface area contributed by atoms with Crippen molar-refractivity contribution in [2.24, 2.45) is 5.41 Å². The first-order chi connectivity index (χ1) is 10.2. The predicted octanol–water partition coefficient (Wildman–Crippen LogP) is 4.04. The Morgan fingerprint density at radius 3 is 2.55 bits per heavy atom. The van der Waals surface area contributed by atoms with Crippen LogP contribution in [0.25, 0.3) is 0 Å². The summed E-state index contributed by atoms with van der Waals surface area (Å²) < 4.78 is 6.41. The standard InChI is InChI=1S/C18H28BNO2/c1-13-11-14(20-10-6-7-16(20)21)8-9-15(13)19-12-17(2,3)18(4,5)22-19/h8,11,15H,6-7,9-10,12H2,1-5H3. The van der Waals surface area contributed by atoms with E-state index in [1.807, 2.05) is 4.90 Å². The Bertz CT molecular complexity index is 531. The number of hydrogen-bond acceptors (Lipinski definition) is 2. The van der Waals surface area contributed by atoms with Gasteiger partial charge in [0, 0.05) is 18.7 Å². The highest BCUT2D eigenvalue weighted by molar-refractivity contribution is 6.55. The Morgan fingerprint density at radius 2 is 2.05 bits per heavy atom. The van der Waals surface area contributed by atoms with Gasteiger partial charge >= 0.3 is 6.92 Å². The van der Waals surface area contributed by atoms with Gasteiger partial charge in [-0.05, 0) is 57.2 Å². The second-order valence-corrected chi connectivity index (χ2v) is 8.26. The van der Waals surface area contributed by atoms with Gasteiger partial charge < -0.3 is 9.55 Å². The Balaban J connectivity index is 1.74. The molecule has 2 saturated heterocycles. The van der Waals surface area contributed by atoms with Gasteiger partial charge in [0.15, 0.2) is 0 Å². The third kappa shape index (κ3) is 2.56. The summed E-state index contributed by atoms with van der Waals surface area (Å²) in [5.74, 6) is 0.718. The van der Waals surface area contributed by atoms with E-state index in [1.165, 1.54) is 5.57 Å². The lowest BCUT2D eigenvalue weighted by Gasteiger charge is -2.34. The van der Waals surface area contributed by atoms with Gasteiger partial charge in [-0.1, -0.05) is 25.5 Å². The third-order valence-corrected chi connectivity index (χ3v) is 6.16. The quantitative estimate of drug-likeness (QED) is 0.720. The summed E-state index contributed by atoms with van der Waals surface area (Å²) in [6.07, 6.45) is 8.21. The van der Waals surface area contributed by atoms with Crippen LogP contribution in [0.15, 0.2) is 23.4 Å². The number of likely N-dealkylation sites (tertiary alicyclic amines) is 1. The second-order valence-electron chi connectivity index (χ2n) is 8.26. The molecule has 1 aliphatic carbocycles. The monoisotopic (exact) mass is 301 g/mol. The molecule has 0 aromatic carbocycles. The fourth-order valence-corrected chi connectivity index (χ4v) is 3.94. The minimum Gasteiger partial charge on any atom is -0.430 e. The molecule has 120 valence electrons. The molecule has 1 amide bonds. The molecule has 22 heavy (non-hydrogen) atoms. The Hall–Kier alpha value is -1.03. The predicted molar refractivity (Wildman–Crippen MR) is 90.7 cm³/mol. The summed E-state index contributed by atoms with van der Waals surface area (Å²) in [5.41, 5.74) is 2.59. The highest BCUT2D eigenvalue weighted by Gasteiger charge is 2.52. The van der Waals surface area contributed by atoms with Gasteiger partial charge in [-0.2, -0.15) is 0 Å². The molecule has 3 nitrogen and oxygen atoms in total. The van der Waals surface area contributed by atoms with Crippen molar-refractivity contribution in [1.29, 1.82) is 0 Å². The molecule has 0 spiro atoms. The second kappa shape index (κ2) is 5.26. The van der Waals surface area contributed by atoms with Crippen molar-refractivity contribution in [3.8, 4) is 0 Å². The number of hydrogen-bond donors (Lipinski definition) is 0. The van der Waals surface area contributed by atoms with Crippen LogP contribution in [0.1, 0.15) is 53.9 Å². The maximum atomic E-state index is 11.9. The van der Waals surface area contributed by atoms with Gasteiger partial charge in [0.2, 0.25) is 5.91 Å². The number of nitrogens with zero attached hydrogens (tertiary/aromatic N) is 1. The molecule has 1 unspecified atom stereocenters. The van der Waals surface area contributed by atoms with E-state index in [1.54, 1.807) is 0 Å². The van der Waals surface area contributed by atoms with Crippen molar-refractivity contribution < 1.29 is 9.45 Å². The SMILES string of the molecule is CC1=CC(N2CCCC2=O)=CCC1B1CC(C)(C)C(C)(C)O1. The zero-order valence-electron chi connectivity index (χ0n) is 14.6. The van der Waals surface area contributed by atoms with E-state index >= 15 is 0 Å². The van der Waals surface area contributed by atoms with Gasteiger partial charge in [0.1, 0.15) is 0 Å². The van der Waals surface area contributed by atoms with E-state index in [9.17, 15) is 4.79 Å². The molecule has 2 fully saturated rings. The van der Waals surface area contributed by atoms with Crippen molar-refractivity contribution >= 4 is 12.8 Å². The van der Waals surface area contributed by atoms with Crippen LogP contribution in [0.2, 0.25) is 12.1 Å². The zero-order chi connectivity index (χ0) is 16.1. The van der Waals surface area contributed by atoms with E-state index < -0.39 is 0 Å². The van der Waals surface area contributed by atoms with E-state index in [2.05, 4.69) is 46.8 Å². The average Bonchev–Trinajstić information content (AvgIpc) is 2.91. The number of rotatable bonds is 2. The van der Waals surface area contributed by atoms with Crippen LogP contribution in [-0.4, -0.2) is 29.9 Å². The van der Waals surface area contributed by atoms with Gasteiger partial charge in [0.05, 0.1) is 5.60 Å². The first kappa shape index (κ1) is 15.9. The van der Waals surface area contributed by atoms with Crippen LogP contribution < -0.4 is 0 Å². The van der Waals surface area contributed by atoms with Gasteiger partial charge in [0.25, 0.3) is 0 Å². The molecule has 0 radical (unpaired) electrons. The molecular weight excluding hydrogens is 273 g/mol. The zero-order valence-corrected chi connectivity index (χ0v) is 14.6. The Kier molecular flexibility index (Phi) is 3.79. The van der Waals surface area contributed by atoms with Crippen molar-refractivity contribution in [1.82, 2.24) is 4.90 Å². The summed E-state index contributed by atoms with van der Waals surface area (Å²) in [6, 6.07) is 0. The summed E-state index contributed by atoms with van der Waals surface area (Å²) in [4.78, 5) is 13.9. The van der Waals surface area contributed by atoms with Crippen molar-refractivity contribution in [3.05, 3.63) is 23.4 Å².